The molecular formula is C19H17F3N4O2S. The molecular weight excluding hydrogens is 405 g/mol. The number of halogens is 3. The lowest BCUT2D eigenvalue weighted by atomic mass is 9.80. The number of hydrogen-bond acceptors (Lipinski definition) is 7. The van der Waals surface area contributed by atoms with Gasteiger partial charge in [-0.3, -0.25) is 9.78 Å². The highest BCUT2D eigenvalue weighted by molar-refractivity contribution is 8.13. The van der Waals surface area contributed by atoms with E-state index in [9.17, 15) is 18.0 Å². The molecule has 0 spiro atoms. The SMILES string of the molecule is NC1=N[C@@]2(c3cc(CC(=O)c4cnc(C(F)F)cn4)ccc3F)COC[C@H]2CS1. The summed E-state index contributed by atoms with van der Waals surface area (Å²) >= 11 is 1.41. The molecule has 0 unspecified atom stereocenters. The number of ketones is 1. The van der Waals surface area contributed by atoms with Crippen molar-refractivity contribution in [1.82, 2.24) is 9.97 Å². The Bertz CT molecular complexity index is 970. The van der Waals surface area contributed by atoms with Crippen molar-refractivity contribution < 1.29 is 22.7 Å². The summed E-state index contributed by atoms with van der Waals surface area (Å²) in [6.45, 7) is 0.673. The normalized spacial score (nSPS) is 23.7. The maximum atomic E-state index is 14.7. The summed E-state index contributed by atoms with van der Waals surface area (Å²) in [5.41, 5.74) is 5.36. The first-order valence-corrected chi connectivity index (χ1v) is 9.85. The lowest BCUT2D eigenvalue weighted by Crippen LogP contribution is -2.40. The average molecular weight is 422 g/mol. The van der Waals surface area contributed by atoms with Crippen LogP contribution in [0.2, 0.25) is 0 Å². The number of thioether (sulfide) groups is 1. The topological polar surface area (TPSA) is 90.5 Å². The van der Waals surface area contributed by atoms with Crippen LogP contribution in [-0.4, -0.2) is 39.9 Å². The molecule has 152 valence electrons. The van der Waals surface area contributed by atoms with Crippen LogP contribution >= 0.6 is 11.8 Å². The van der Waals surface area contributed by atoms with Crippen LogP contribution in [0.25, 0.3) is 0 Å². The Morgan fingerprint density at radius 1 is 1.34 bits per heavy atom. The summed E-state index contributed by atoms with van der Waals surface area (Å²) in [5.74, 6) is -0.201. The maximum Gasteiger partial charge on any atom is 0.281 e. The van der Waals surface area contributed by atoms with Crippen LogP contribution in [0, 0.1) is 11.7 Å². The average Bonchev–Trinajstić information content (AvgIpc) is 3.13. The number of aromatic nitrogens is 2. The van der Waals surface area contributed by atoms with Crippen LogP contribution in [-0.2, 0) is 16.7 Å². The first kappa shape index (κ1) is 19.8. The van der Waals surface area contributed by atoms with Crippen LogP contribution < -0.4 is 5.73 Å². The van der Waals surface area contributed by atoms with E-state index in [1.165, 1.54) is 23.9 Å². The molecule has 0 aliphatic carbocycles. The number of aliphatic imine (C=N–C) groups is 1. The lowest BCUT2D eigenvalue weighted by molar-refractivity contribution is 0.0986. The summed E-state index contributed by atoms with van der Waals surface area (Å²) in [5, 5.41) is 0.377. The van der Waals surface area contributed by atoms with Gasteiger partial charge < -0.3 is 10.5 Å². The molecule has 2 atom stereocenters. The second-order valence-electron chi connectivity index (χ2n) is 6.94. The number of nitrogens with zero attached hydrogens (tertiary/aromatic N) is 3. The van der Waals surface area contributed by atoms with Gasteiger partial charge in [0.2, 0.25) is 0 Å². The standard InChI is InChI=1S/C19H17F3N4O2S/c20-13-2-1-10(4-16(27)14-5-25-15(6-24-14)17(21)22)3-12(13)19-9-28-7-11(19)8-29-18(23)26-19/h1-3,5-6,11,17H,4,7-9H2,(H2,23,26)/t11-,19-/m0/s1. The molecule has 0 saturated carbocycles. The smallest absolute Gasteiger partial charge is 0.281 e. The lowest BCUT2D eigenvalue weighted by Gasteiger charge is -2.34. The molecule has 2 N–H and O–H groups in total. The van der Waals surface area contributed by atoms with Crippen molar-refractivity contribution in [2.45, 2.75) is 18.4 Å². The minimum Gasteiger partial charge on any atom is -0.379 e. The molecule has 2 aromatic rings. The molecule has 1 fully saturated rings. The molecule has 29 heavy (non-hydrogen) atoms. The van der Waals surface area contributed by atoms with E-state index in [0.29, 0.717) is 28.7 Å². The molecule has 10 heteroatoms. The molecule has 3 heterocycles. The van der Waals surface area contributed by atoms with E-state index in [4.69, 9.17) is 10.5 Å². The quantitative estimate of drug-likeness (QED) is 0.746. The zero-order valence-electron chi connectivity index (χ0n) is 15.1. The predicted molar refractivity (Wildman–Crippen MR) is 101 cm³/mol. The molecule has 0 bridgehead atoms. The number of rotatable bonds is 5. The summed E-state index contributed by atoms with van der Waals surface area (Å²) in [6.07, 6.45) is -0.929. The zero-order chi connectivity index (χ0) is 20.6. The van der Waals surface area contributed by atoms with Gasteiger partial charge in [-0.15, -0.1) is 0 Å². The number of ether oxygens (including phenoxy) is 1. The minimum absolute atomic E-state index is 0.0204. The first-order chi connectivity index (χ1) is 13.9. The molecule has 2 aliphatic rings. The van der Waals surface area contributed by atoms with E-state index in [2.05, 4.69) is 15.0 Å². The van der Waals surface area contributed by atoms with Crippen molar-refractivity contribution >= 4 is 22.7 Å². The maximum absolute atomic E-state index is 14.7. The summed E-state index contributed by atoms with van der Waals surface area (Å²) < 4.78 is 45.5. The van der Waals surface area contributed by atoms with Crippen molar-refractivity contribution in [3.8, 4) is 0 Å². The van der Waals surface area contributed by atoms with Crippen LogP contribution in [0.4, 0.5) is 13.2 Å². The Morgan fingerprint density at radius 3 is 2.90 bits per heavy atom. The van der Waals surface area contributed by atoms with Gasteiger partial charge in [-0.05, 0) is 17.7 Å². The van der Waals surface area contributed by atoms with E-state index in [1.807, 2.05) is 0 Å². The molecule has 1 aromatic heterocycles. The van der Waals surface area contributed by atoms with Crippen molar-refractivity contribution in [3.05, 3.63) is 58.9 Å². The van der Waals surface area contributed by atoms with Gasteiger partial charge in [-0.2, -0.15) is 0 Å². The van der Waals surface area contributed by atoms with E-state index >= 15 is 0 Å². The van der Waals surface area contributed by atoms with Gasteiger partial charge >= 0.3 is 0 Å². The highest BCUT2D eigenvalue weighted by Gasteiger charge is 2.49. The number of hydrogen-bond donors (Lipinski definition) is 1. The van der Waals surface area contributed by atoms with E-state index in [1.54, 1.807) is 6.07 Å². The highest BCUT2D eigenvalue weighted by Crippen LogP contribution is 2.45. The van der Waals surface area contributed by atoms with Gasteiger partial charge in [0.25, 0.3) is 6.43 Å². The fraction of sp³-hybridized carbons (Fsp3) is 0.368. The Balaban J connectivity index is 1.62. The van der Waals surface area contributed by atoms with Crippen LogP contribution in [0.3, 0.4) is 0 Å². The molecule has 2 aliphatic heterocycles. The molecule has 6 nitrogen and oxygen atoms in total. The fourth-order valence-electron chi connectivity index (χ4n) is 3.58. The zero-order valence-corrected chi connectivity index (χ0v) is 16.0. The summed E-state index contributed by atoms with van der Waals surface area (Å²) in [6, 6.07) is 4.40. The van der Waals surface area contributed by atoms with Crippen molar-refractivity contribution in [2.24, 2.45) is 16.6 Å². The third-order valence-corrected chi connectivity index (χ3v) is 6.06. The van der Waals surface area contributed by atoms with Gasteiger partial charge in [0, 0.05) is 23.7 Å². The molecule has 0 amide bonds. The number of Topliss-reactive ketones (excluding diaryl/α,β-unsaturated/α-hetero) is 1. The van der Waals surface area contributed by atoms with E-state index in [-0.39, 0.29) is 24.6 Å². The molecule has 1 saturated heterocycles. The first-order valence-electron chi connectivity index (χ1n) is 8.87. The van der Waals surface area contributed by atoms with Crippen LogP contribution in [0.15, 0.2) is 35.6 Å². The number of carbonyl (C=O) groups excluding carboxylic acids is 1. The second-order valence-corrected chi connectivity index (χ2v) is 7.98. The molecule has 0 radical (unpaired) electrons. The van der Waals surface area contributed by atoms with Gasteiger partial charge in [-0.25, -0.2) is 23.1 Å². The molecule has 4 rings (SSSR count). The number of carbonyl (C=O) groups is 1. The van der Waals surface area contributed by atoms with Crippen molar-refractivity contribution in [3.63, 3.8) is 0 Å². The van der Waals surface area contributed by atoms with Gasteiger partial charge in [0.1, 0.15) is 22.7 Å². The van der Waals surface area contributed by atoms with E-state index < -0.39 is 29.3 Å². The Hall–Kier alpha value is -2.46. The van der Waals surface area contributed by atoms with Gasteiger partial charge in [-0.1, -0.05) is 17.8 Å². The largest absolute Gasteiger partial charge is 0.379 e. The van der Waals surface area contributed by atoms with Gasteiger partial charge in [0.05, 0.1) is 25.6 Å². The minimum atomic E-state index is -2.76. The summed E-state index contributed by atoms with van der Waals surface area (Å²) in [4.78, 5) is 24.3. The van der Waals surface area contributed by atoms with Gasteiger partial charge in [0.15, 0.2) is 11.0 Å². The van der Waals surface area contributed by atoms with Crippen molar-refractivity contribution in [1.29, 1.82) is 0 Å². The number of benzene rings is 1. The summed E-state index contributed by atoms with van der Waals surface area (Å²) in [7, 11) is 0. The van der Waals surface area contributed by atoms with Crippen LogP contribution in [0.5, 0.6) is 0 Å². The highest BCUT2D eigenvalue weighted by atomic mass is 32.2. The Kier molecular flexibility index (Phi) is 5.30. The Labute approximate surface area is 168 Å². The predicted octanol–water partition coefficient (Wildman–Crippen LogP) is 2.88. The Morgan fingerprint density at radius 2 is 2.17 bits per heavy atom. The number of nitrogens with two attached hydrogens (primary N) is 1. The second kappa shape index (κ2) is 7.75. The molecule has 1 aromatic carbocycles. The number of amidine groups is 1. The van der Waals surface area contributed by atoms with Crippen LogP contribution in [0.1, 0.15) is 33.7 Å². The number of fused-ring (bicyclic) bond motifs is 1. The fourth-order valence-corrected chi connectivity index (χ4v) is 4.55. The van der Waals surface area contributed by atoms with E-state index in [0.717, 1.165) is 12.4 Å². The monoisotopic (exact) mass is 422 g/mol. The third kappa shape index (κ3) is 3.74. The third-order valence-electron chi connectivity index (χ3n) is 5.10. The number of alkyl halides is 2. The van der Waals surface area contributed by atoms with Crippen molar-refractivity contribution in [2.75, 3.05) is 19.0 Å².